The second kappa shape index (κ2) is 5.84. The zero-order chi connectivity index (χ0) is 12.1. The van der Waals surface area contributed by atoms with Gasteiger partial charge in [-0.1, -0.05) is 0 Å². The molecule has 0 fully saturated rings. The van der Waals surface area contributed by atoms with Crippen molar-refractivity contribution in [1.82, 2.24) is 4.98 Å². The first-order valence-corrected chi connectivity index (χ1v) is 7.00. The van der Waals surface area contributed by atoms with Gasteiger partial charge in [-0.25, -0.2) is 4.98 Å². The molecule has 1 aromatic rings. The lowest BCUT2D eigenvalue weighted by molar-refractivity contribution is 0.678. The SMILES string of the molecule is Cc1cnc(NC(C)CCS(C)=O)cc1N. The lowest BCUT2D eigenvalue weighted by atomic mass is 10.2. The number of hydrogen-bond donors (Lipinski definition) is 2. The number of hydrogen-bond acceptors (Lipinski definition) is 4. The maximum absolute atomic E-state index is 10.9. The summed E-state index contributed by atoms with van der Waals surface area (Å²) in [5.41, 5.74) is 7.51. The number of rotatable bonds is 5. The largest absolute Gasteiger partial charge is 0.398 e. The van der Waals surface area contributed by atoms with Crippen LogP contribution in [0.3, 0.4) is 0 Å². The van der Waals surface area contributed by atoms with Gasteiger partial charge in [-0.05, 0) is 25.8 Å². The molecule has 5 heteroatoms. The quantitative estimate of drug-likeness (QED) is 0.820. The predicted molar refractivity (Wildman–Crippen MR) is 70.0 cm³/mol. The van der Waals surface area contributed by atoms with Crippen molar-refractivity contribution in [2.24, 2.45) is 0 Å². The summed E-state index contributed by atoms with van der Waals surface area (Å²) >= 11 is 0. The van der Waals surface area contributed by atoms with Gasteiger partial charge in [0.05, 0.1) is 0 Å². The Labute approximate surface area is 99.1 Å². The van der Waals surface area contributed by atoms with Crippen molar-refractivity contribution in [3.8, 4) is 0 Å². The number of nitrogen functional groups attached to an aromatic ring is 1. The zero-order valence-corrected chi connectivity index (χ0v) is 10.8. The molecule has 1 aromatic heterocycles. The molecule has 0 radical (unpaired) electrons. The maximum atomic E-state index is 10.9. The molecule has 0 aliphatic carbocycles. The standard InChI is InChI=1S/C11H19N3OS/c1-8-7-13-11(6-10(8)12)14-9(2)4-5-16(3)15/h6-7,9H,4-5H2,1-3H3,(H3,12,13,14). The highest BCUT2D eigenvalue weighted by Crippen LogP contribution is 2.14. The zero-order valence-electron chi connectivity index (χ0n) is 9.99. The normalized spacial score (nSPS) is 14.4. The summed E-state index contributed by atoms with van der Waals surface area (Å²) in [6, 6.07) is 2.08. The Morgan fingerprint density at radius 1 is 1.62 bits per heavy atom. The maximum Gasteiger partial charge on any atom is 0.128 e. The molecule has 1 heterocycles. The van der Waals surface area contributed by atoms with Crippen molar-refractivity contribution in [2.45, 2.75) is 26.3 Å². The van der Waals surface area contributed by atoms with Crippen LogP contribution in [0.1, 0.15) is 18.9 Å². The first kappa shape index (κ1) is 13.0. The number of pyridine rings is 1. The fraction of sp³-hybridized carbons (Fsp3) is 0.545. The number of aryl methyl sites for hydroxylation is 1. The van der Waals surface area contributed by atoms with Gasteiger partial charge >= 0.3 is 0 Å². The summed E-state index contributed by atoms with van der Waals surface area (Å²) in [6.07, 6.45) is 4.33. The summed E-state index contributed by atoms with van der Waals surface area (Å²) in [5.74, 6) is 1.48. The molecule has 2 unspecified atom stereocenters. The van der Waals surface area contributed by atoms with Crippen molar-refractivity contribution in [3.05, 3.63) is 17.8 Å². The molecule has 0 aliphatic rings. The summed E-state index contributed by atoms with van der Waals surface area (Å²) in [5, 5.41) is 3.24. The number of nitrogens with zero attached hydrogens (tertiary/aromatic N) is 1. The Balaban J connectivity index is 2.52. The molecule has 90 valence electrons. The molecule has 0 spiro atoms. The van der Waals surface area contributed by atoms with Crippen molar-refractivity contribution in [1.29, 1.82) is 0 Å². The van der Waals surface area contributed by atoms with Crippen molar-refractivity contribution in [3.63, 3.8) is 0 Å². The van der Waals surface area contributed by atoms with Crippen LogP contribution in [0.25, 0.3) is 0 Å². The van der Waals surface area contributed by atoms with Gasteiger partial charge in [0.15, 0.2) is 0 Å². The molecule has 0 saturated heterocycles. The van der Waals surface area contributed by atoms with Gasteiger partial charge in [-0.15, -0.1) is 0 Å². The Morgan fingerprint density at radius 3 is 2.88 bits per heavy atom. The van der Waals surface area contributed by atoms with Crippen LogP contribution in [0.15, 0.2) is 12.3 Å². The lowest BCUT2D eigenvalue weighted by Crippen LogP contribution is -2.18. The summed E-state index contributed by atoms with van der Waals surface area (Å²) < 4.78 is 10.9. The van der Waals surface area contributed by atoms with Crippen LogP contribution in [-0.2, 0) is 10.8 Å². The van der Waals surface area contributed by atoms with E-state index in [9.17, 15) is 4.21 Å². The van der Waals surface area contributed by atoms with E-state index < -0.39 is 10.8 Å². The lowest BCUT2D eigenvalue weighted by Gasteiger charge is -2.14. The van der Waals surface area contributed by atoms with E-state index in [2.05, 4.69) is 10.3 Å². The van der Waals surface area contributed by atoms with Crippen LogP contribution in [0.2, 0.25) is 0 Å². The minimum absolute atomic E-state index is 0.249. The molecule has 0 aromatic carbocycles. The number of anilines is 2. The third kappa shape index (κ3) is 4.18. The van der Waals surface area contributed by atoms with Gasteiger partial charge in [-0.3, -0.25) is 4.21 Å². The van der Waals surface area contributed by atoms with Crippen molar-refractivity contribution in [2.75, 3.05) is 23.1 Å². The van der Waals surface area contributed by atoms with E-state index in [1.165, 1.54) is 0 Å². The van der Waals surface area contributed by atoms with Gasteiger partial charge in [-0.2, -0.15) is 0 Å². The van der Waals surface area contributed by atoms with Crippen molar-refractivity contribution >= 4 is 22.3 Å². The molecule has 1 rings (SSSR count). The van der Waals surface area contributed by atoms with Gasteiger partial charge in [0.1, 0.15) is 5.82 Å². The number of nitrogens with one attached hydrogen (secondary N) is 1. The van der Waals surface area contributed by atoms with E-state index in [0.717, 1.165) is 23.5 Å². The highest BCUT2D eigenvalue weighted by molar-refractivity contribution is 7.84. The highest BCUT2D eigenvalue weighted by Gasteiger charge is 2.05. The average Bonchev–Trinajstić information content (AvgIpc) is 2.21. The molecule has 3 N–H and O–H groups in total. The van der Waals surface area contributed by atoms with E-state index >= 15 is 0 Å². The molecular formula is C11H19N3OS. The summed E-state index contributed by atoms with van der Waals surface area (Å²) in [4.78, 5) is 4.24. The van der Waals surface area contributed by atoms with Gasteiger partial charge in [0, 0.05) is 46.8 Å². The summed E-state index contributed by atoms with van der Waals surface area (Å²) in [7, 11) is -0.737. The highest BCUT2D eigenvalue weighted by atomic mass is 32.2. The fourth-order valence-corrected chi connectivity index (χ4v) is 1.97. The monoisotopic (exact) mass is 241 g/mol. The van der Waals surface area contributed by atoms with E-state index in [1.807, 2.05) is 19.9 Å². The molecule has 16 heavy (non-hydrogen) atoms. The van der Waals surface area contributed by atoms with E-state index in [-0.39, 0.29) is 6.04 Å². The fourth-order valence-electron chi connectivity index (χ4n) is 1.29. The van der Waals surface area contributed by atoms with Crippen LogP contribution in [0.4, 0.5) is 11.5 Å². The van der Waals surface area contributed by atoms with E-state index in [4.69, 9.17) is 5.73 Å². The molecular weight excluding hydrogens is 222 g/mol. The number of aromatic nitrogens is 1. The first-order valence-electron chi connectivity index (χ1n) is 5.27. The Hall–Kier alpha value is -1.10. The van der Waals surface area contributed by atoms with E-state index in [0.29, 0.717) is 5.75 Å². The minimum atomic E-state index is -0.737. The molecule has 0 bridgehead atoms. The Bertz CT molecular complexity index is 381. The Morgan fingerprint density at radius 2 is 2.31 bits per heavy atom. The van der Waals surface area contributed by atoms with Crippen LogP contribution < -0.4 is 11.1 Å². The minimum Gasteiger partial charge on any atom is -0.398 e. The second-order valence-corrected chi connectivity index (χ2v) is 5.59. The van der Waals surface area contributed by atoms with E-state index in [1.54, 1.807) is 12.5 Å². The van der Waals surface area contributed by atoms with Gasteiger partial charge < -0.3 is 11.1 Å². The van der Waals surface area contributed by atoms with Crippen LogP contribution >= 0.6 is 0 Å². The number of nitrogens with two attached hydrogens (primary N) is 1. The van der Waals surface area contributed by atoms with Gasteiger partial charge in [0.2, 0.25) is 0 Å². The third-order valence-corrected chi connectivity index (χ3v) is 3.19. The second-order valence-electron chi connectivity index (χ2n) is 4.04. The van der Waals surface area contributed by atoms with Crippen LogP contribution in [0, 0.1) is 6.92 Å². The molecule has 0 saturated carbocycles. The molecule has 0 aliphatic heterocycles. The predicted octanol–water partition coefficient (Wildman–Crippen LogP) is 1.54. The first-order chi connectivity index (χ1) is 7.49. The van der Waals surface area contributed by atoms with Crippen LogP contribution in [-0.4, -0.2) is 27.2 Å². The molecule has 4 nitrogen and oxygen atoms in total. The molecule has 2 atom stereocenters. The Kier molecular flexibility index (Phi) is 4.73. The van der Waals surface area contributed by atoms with Crippen molar-refractivity contribution < 1.29 is 4.21 Å². The topological polar surface area (TPSA) is 68.0 Å². The van der Waals surface area contributed by atoms with Gasteiger partial charge in [0.25, 0.3) is 0 Å². The average molecular weight is 241 g/mol. The smallest absolute Gasteiger partial charge is 0.128 e. The summed E-state index contributed by atoms with van der Waals surface area (Å²) in [6.45, 7) is 3.97. The van der Waals surface area contributed by atoms with Crippen LogP contribution in [0.5, 0.6) is 0 Å². The third-order valence-electron chi connectivity index (χ3n) is 2.38. The molecule has 0 amide bonds.